The Morgan fingerprint density at radius 3 is 2.00 bits per heavy atom. The molecular formula is C16H16Cl2. The number of benzene rings is 2. The van der Waals surface area contributed by atoms with Gasteiger partial charge in [0.2, 0.25) is 0 Å². The van der Waals surface area contributed by atoms with E-state index < -0.39 is 0 Å². The Hall–Kier alpha value is -0.980. The van der Waals surface area contributed by atoms with Crippen LogP contribution in [0.5, 0.6) is 0 Å². The van der Waals surface area contributed by atoms with Gasteiger partial charge in [-0.1, -0.05) is 47.5 Å². The smallest absolute Gasteiger partial charge is 0.0408 e. The topological polar surface area (TPSA) is 0 Å². The van der Waals surface area contributed by atoms with Crippen LogP contribution in [-0.4, -0.2) is 0 Å². The zero-order chi connectivity index (χ0) is 12.8. The molecule has 18 heavy (non-hydrogen) atoms. The van der Waals surface area contributed by atoms with E-state index in [-0.39, 0.29) is 0 Å². The van der Waals surface area contributed by atoms with Gasteiger partial charge >= 0.3 is 0 Å². The normalized spacial score (nSPS) is 10.6. The van der Waals surface area contributed by atoms with Gasteiger partial charge in [0.15, 0.2) is 0 Å². The van der Waals surface area contributed by atoms with Gasteiger partial charge in [-0.25, -0.2) is 0 Å². The van der Waals surface area contributed by atoms with Crippen molar-refractivity contribution >= 4 is 23.2 Å². The van der Waals surface area contributed by atoms with Crippen molar-refractivity contribution in [2.45, 2.75) is 25.7 Å². The molecule has 2 aromatic carbocycles. The molecule has 0 saturated heterocycles. The van der Waals surface area contributed by atoms with Gasteiger partial charge in [0.25, 0.3) is 0 Å². The van der Waals surface area contributed by atoms with E-state index >= 15 is 0 Å². The molecule has 0 unspecified atom stereocenters. The largest absolute Gasteiger partial charge is 0.0843 e. The molecule has 0 bridgehead atoms. The Balaban J connectivity index is 1.74. The number of hydrogen-bond donors (Lipinski definition) is 0. The Morgan fingerprint density at radius 2 is 1.33 bits per heavy atom. The summed E-state index contributed by atoms with van der Waals surface area (Å²) in [4.78, 5) is 0. The Bertz CT molecular complexity index is 489. The van der Waals surface area contributed by atoms with Crippen LogP contribution in [0.25, 0.3) is 0 Å². The molecule has 0 N–H and O–H groups in total. The van der Waals surface area contributed by atoms with Gasteiger partial charge in [0, 0.05) is 10.0 Å². The van der Waals surface area contributed by atoms with Crippen molar-refractivity contribution in [3.8, 4) is 0 Å². The molecular weight excluding hydrogens is 263 g/mol. The summed E-state index contributed by atoms with van der Waals surface area (Å²) in [5, 5.41) is 1.63. The van der Waals surface area contributed by atoms with Gasteiger partial charge in [0.05, 0.1) is 0 Å². The van der Waals surface area contributed by atoms with Gasteiger partial charge < -0.3 is 0 Å². The van der Waals surface area contributed by atoms with E-state index in [2.05, 4.69) is 18.2 Å². The van der Waals surface area contributed by atoms with Crippen LogP contribution in [0, 0.1) is 0 Å². The van der Waals surface area contributed by atoms with Gasteiger partial charge in [-0.2, -0.15) is 0 Å². The average molecular weight is 279 g/mol. The van der Waals surface area contributed by atoms with E-state index in [1.165, 1.54) is 24.0 Å². The average Bonchev–Trinajstić information content (AvgIpc) is 2.37. The highest BCUT2D eigenvalue weighted by atomic mass is 35.5. The second-order valence-corrected chi connectivity index (χ2v) is 5.34. The molecule has 0 aromatic heterocycles. The lowest BCUT2D eigenvalue weighted by Gasteiger charge is -2.03. The molecule has 2 heteroatoms. The van der Waals surface area contributed by atoms with Crippen molar-refractivity contribution in [2.24, 2.45) is 0 Å². The maximum atomic E-state index is 5.96. The predicted molar refractivity (Wildman–Crippen MR) is 79.5 cm³/mol. The van der Waals surface area contributed by atoms with Crippen molar-refractivity contribution in [2.75, 3.05) is 0 Å². The summed E-state index contributed by atoms with van der Waals surface area (Å²) in [6, 6.07) is 16.2. The van der Waals surface area contributed by atoms with Gasteiger partial charge in [0.1, 0.15) is 0 Å². The van der Waals surface area contributed by atoms with Crippen LogP contribution in [0.4, 0.5) is 0 Å². The third kappa shape index (κ3) is 4.36. The summed E-state index contributed by atoms with van der Waals surface area (Å²) in [5.74, 6) is 0. The van der Waals surface area contributed by atoms with E-state index in [1.54, 1.807) is 0 Å². The molecule has 0 heterocycles. The van der Waals surface area contributed by atoms with Crippen molar-refractivity contribution in [3.05, 3.63) is 69.7 Å². The first-order valence-electron chi connectivity index (χ1n) is 6.23. The summed E-state index contributed by atoms with van der Waals surface area (Å²) in [7, 11) is 0. The zero-order valence-electron chi connectivity index (χ0n) is 10.2. The molecule has 0 spiro atoms. The van der Waals surface area contributed by atoms with E-state index in [0.717, 1.165) is 22.9 Å². The van der Waals surface area contributed by atoms with Crippen LogP contribution in [0.15, 0.2) is 48.5 Å². The first kappa shape index (κ1) is 13.5. The van der Waals surface area contributed by atoms with Crippen molar-refractivity contribution in [1.29, 1.82) is 0 Å². The first-order chi connectivity index (χ1) is 8.74. The molecule has 0 aliphatic heterocycles. The molecule has 0 fully saturated rings. The third-order valence-corrected chi connectivity index (χ3v) is 3.47. The minimum absolute atomic E-state index is 0.803. The Labute approximate surface area is 119 Å². The fraction of sp³-hybridized carbons (Fsp3) is 0.250. The summed E-state index contributed by atoms with van der Waals surface area (Å²) in [6.07, 6.45) is 4.57. The molecule has 2 aromatic rings. The zero-order valence-corrected chi connectivity index (χ0v) is 11.7. The fourth-order valence-corrected chi connectivity index (χ4v) is 2.34. The van der Waals surface area contributed by atoms with Crippen molar-refractivity contribution in [1.82, 2.24) is 0 Å². The third-order valence-electron chi connectivity index (χ3n) is 2.98. The number of unbranched alkanes of at least 4 members (excludes halogenated alkanes) is 1. The molecule has 0 aliphatic carbocycles. The second-order valence-electron chi connectivity index (χ2n) is 4.46. The van der Waals surface area contributed by atoms with Crippen LogP contribution in [0.1, 0.15) is 24.0 Å². The monoisotopic (exact) mass is 278 g/mol. The Kier molecular flexibility index (Phi) is 5.10. The maximum Gasteiger partial charge on any atom is 0.0408 e. The van der Waals surface area contributed by atoms with E-state index in [0.29, 0.717) is 0 Å². The van der Waals surface area contributed by atoms with Gasteiger partial charge in [-0.3, -0.25) is 0 Å². The molecule has 0 amide bonds. The lowest BCUT2D eigenvalue weighted by molar-refractivity contribution is 0.734. The summed E-state index contributed by atoms with van der Waals surface area (Å²) in [6.45, 7) is 0. The number of aryl methyl sites for hydroxylation is 2. The highest BCUT2D eigenvalue weighted by Gasteiger charge is 1.97. The molecule has 0 saturated carbocycles. The minimum Gasteiger partial charge on any atom is -0.0843 e. The van der Waals surface area contributed by atoms with Gasteiger partial charge in [-0.05, 0) is 61.1 Å². The van der Waals surface area contributed by atoms with Gasteiger partial charge in [-0.15, -0.1) is 0 Å². The van der Waals surface area contributed by atoms with E-state index in [9.17, 15) is 0 Å². The molecule has 2 rings (SSSR count). The summed E-state index contributed by atoms with van der Waals surface area (Å²) in [5.41, 5.74) is 2.67. The summed E-state index contributed by atoms with van der Waals surface area (Å²) >= 11 is 11.8. The van der Waals surface area contributed by atoms with Crippen LogP contribution >= 0.6 is 23.2 Å². The summed E-state index contributed by atoms with van der Waals surface area (Å²) < 4.78 is 0. The predicted octanol–water partition coefficient (Wildman–Crippen LogP) is 5.56. The quantitative estimate of drug-likeness (QED) is 0.629. The van der Waals surface area contributed by atoms with Crippen molar-refractivity contribution in [3.63, 3.8) is 0 Å². The highest BCUT2D eigenvalue weighted by Crippen LogP contribution is 2.15. The van der Waals surface area contributed by atoms with Crippen LogP contribution in [0.3, 0.4) is 0 Å². The van der Waals surface area contributed by atoms with Crippen LogP contribution in [-0.2, 0) is 12.8 Å². The number of halogens is 2. The SMILES string of the molecule is Clc1ccc(CCCCc2cccc(Cl)c2)cc1. The Morgan fingerprint density at radius 1 is 0.667 bits per heavy atom. The molecule has 0 aliphatic rings. The van der Waals surface area contributed by atoms with E-state index in [4.69, 9.17) is 23.2 Å². The van der Waals surface area contributed by atoms with E-state index in [1.807, 2.05) is 30.3 Å². The lowest BCUT2D eigenvalue weighted by Crippen LogP contribution is -1.89. The molecule has 0 radical (unpaired) electrons. The fourth-order valence-electron chi connectivity index (χ4n) is 2.00. The highest BCUT2D eigenvalue weighted by molar-refractivity contribution is 6.30. The standard InChI is InChI=1S/C16H16Cl2/c17-15-10-8-13(9-11-15)4-1-2-5-14-6-3-7-16(18)12-14/h3,6-12H,1-2,4-5H2. The molecule has 94 valence electrons. The first-order valence-corrected chi connectivity index (χ1v) is 6.98. The second kappa shape index (κ2) is 6.82. The molecule has 0 nitrogen and oxygen atoms in total. The maximum absolute atomic E-state index is 5.96. The number of hydrogen-bond acceptors (Lipinski definition) is 0. The van der Waals surface area contributed by atoms with Crippen molar-refractivity contribution < 1.29 is 0 Å². The molecule has 0 atom stereocenters. The minimum atomic E-state index is 0.803. The van der Waals surface area contributed by atoms with Crippen LogP contribution < -0.4 is 0 Å². The number of rotatable bonds is 5. The lowest BCUT2D eigenvalue weighted by atomic mass is 10.0. The van der Waals surface area contributed by atoms with Crippen LogP contribution in [0.2, 0.25) is 10.0 Å².